The van der Waals surface area contributed by atoms with Crippen molar-refractivity contribution in [1.82, 2.24) is 0 Å². The van der Waals surface area contributed by atoms with Gasteiger partial charge in [0.15, 0.2) is 0 Å². The fraction of sp³-hybridized carbons (Fsp3) is 0.455. The largest absolute Gasteiger partial charge is 0.496 e. The van der Waals surface area contributed by atoms with Crippen LogP contribution in [0.3, 0.4) is 0 Å². The Morgan fingerprint density at radius 3 is 2.75 bits per heavy atom. The first-order valence-electron chi connectivity index (χ1n) is 4.41. The van der Waals surface area contributed by atoms with Crippen molar-refractivity contribution in [1.29, 1.82) is 0 Å². The number of ether oxygens (including phenoxy) is 1. The number of benzene rings is 1. The van der Waals surface area contributed by atoms with E-state index in [2.05, 4.69) is 19.1 Å². The van der Waals surface area contributed by atoms with Gasteiger partial charge in [0.05, 0.1) is 7.11 Å². The highest BCUT2D eigenvalue weighted by molar-refractivity contribution is 5.25. The van der Waals surface area contributed by atoms with Gasteiger partial charge in [0.1, 0.15) is 5.75 Å². The third-order valence-electron chi connectivity index (χ3n) is 1.89. The summed E-state index contributed by atoms with van der Waals surface area (Å²) in [6.45, 7) is 2.20. The Kier molecular flexibility index (Phi) is 3.65. The van der Waals surface area contributed by atoms with E-state index in [1.807, 2.05) is 12.1 Å². The Labute approximate surface area is 74.4 Å². The van der Waals surface area contributed by atoms with E-state index in [0.29, 0.717) is 0 Å². The molecule has 0 aliphatic carbocycles. The highest BCUT2D eigenvalue weighted by Crippen LogP contribution is 2.11. The Bertz CT molecular complexity index is 213. The molecule has 0 aromatic heterocycles. The first-order valence-corrected chi connectivity index (χ1v) is 4.41. The van der Waals surface area contributed by atoms with Crippen LogP contribution in [0, 0.1) is 6.07 Å². The summed E-state index contributed by atoms with van der Waals surface area (Å²) < 4.78 is 5.02. The standard InChI is InChI=1S/C11H15O/c1-3-4-5-10-6-8-11(12-2)9-7-10/h6-8H,3-5H2,1-2H3. The van der Waals surface area contributed by atoms with Crippen molar-refractivity contribution < 1.29 is 4.74 Å². The maximum Gasteiger partial charge on any atom is 0.126 e. The summed E-state index contributed by atoms with van der Waals surface area (Å²) in [6, 6.07) is 9.15. The molecular formula is C11H15O. The molecule has 1 radical (unpaired) electrons. The predicted molar refractivity (Wildman–Crippen MR) is 50.4 cm³/mol. The van der Waals surface area contributed by atoms with Crippen molar-refractivity contribution in [2.75, 3.05) is 7.11 Å². The van der Waals surface area contributed by atoms with Crippen LogP contribution in [-0.4, -0.2) is 7.11 Å². The summed E-state index contributed by atoms with van der Waals surface area (Å²) in [7, 11) is 1.66. The molecule has 0 fully saturated rings. The monoisotopic (exact) mass is 163 g/mol. The first kappa shape index (κ1) is 9.11. The Balaban J connectivity index is 2.53. The zero-order chi connectivity index (χ0) is 8.81. The van der Waals surface area contributed by atoms with Gasteiger partial charge in [-0.3, -0.25) is 0 Å². The molecule has 0 atom stereocenters. The summed E-state index contributed by atoms with van der Waals surface area (Å²) in [6.07, 6.45) is 3.64. The summed E-state index contributed by atoms with van der Waals surface area (Å²) in [5.74, 6) is 0.815. The van der Waals surface area contributed by atoms with Gasteiger partial charge in [-0.25, -0.2) is 0 Å². The summed E-state index contributed by atoms with van der Waals surface area (Å²) >= 11 is 0. The third-order valence-corrected chi connectivity index (χ3v) is 1.89. The quantitative estimate of drug-likeness (QED) is 0.663. The van der Waals surface area contributed by atoms with E-state index in [-0.39, 0.29) is 0 Å². The molecule has 0 saturated carbocycles. The maximum absolute atomic E-state index is 5.02. The number of rotatable bonds is 4. The smallest absolute Gasteiger partial charge is 0.126 e. The maximum atomic E-state index is 5.02. The van der Waals surface area contributed by atoms with Crippen molar-refractivity contribution in [2.45, 2.75) is 26.2 Å². The zero-order valence-electron chi connectivity index (χ0n) is 7.76. The topological polar surface area (TPSA) is 9.23 Å². The molecule has 1 nitrogen and oxygen atoms in total. The molecule has 12 heavy (non-hydrogen) atoms. The van der Waals surface area contributed by atoms with Crippen LogP contribution in [0.1, 0.15) is 25.3 Å². The number of unbranched alkanes of at least 4 members (excludes halogenated alkanes) is 1. The average Bonchev–Trinajstić information content (AvgIpc) is 2.15. The van der Waals surface area contributed by atoms with Gasteiger partial charge in [-0.1, -0.05) is 19.4 Å². The van der Waals surface area contributed by atoms with Gasteiger partial charge in [-0.15, -0.1) is 0 Å². The van der Waals surface area contributed by atoms with Crippen LogP contribution in [0.4, 0.5) is 0 Å². The molecule has 1 rings (SSSR count). The van der Waals surface area contributed by atoms with Crippen LogP contribution < -0.4 is 4.74 Å². The van der Waals surface area contributed by atoms with Gasteiger partial charge >= 0.3 is 0 Å². The molecule has 0 bridgehead atoms. The molecule has 0 aliphatic rings. The second-order valence-electron chi connectivity index (χ2n) is 2.87. The Morgan fingerprint density at radius 1 is 1.42 bits per heavy atom. The molecule has 0 spiro atoms. The van der Waals surface area contributed by atoms with Gasteiger partial charge < -0.3 is 4.74 Å². The Morgan fingerprint density at radius 2 is 2.25 bits per heavy atom. The molecule has 0 saturated heterocycles. The number of hydrogen-bond acceptors (Lipinski definition) is 1. The second kappa shape index (κ2) is 4.81. The van der Waals surface area contributed by atoms with Crippen LogP contribution in [0.5, 0.6) is 5.75 Å². The summed E-state index contributed by atoms with van der Waals surface area (Å²) in [4.78, 5) is 0. The lowest BCUT2D eigenvalue weighted by Crippen LogP contribution is -1.86. The minimum atomic E-state index is 0.815. The summed E-state index contributed by atoms with van der Waals surface area (Å²) in [5, 5.41) is 0. The van der Waals surface area contributed by atoms with E-state index in [1.54, 1.807) is 7.11 Å². The highest BCUT2D eigenvalue weighted by Gasteiger charge is 1.93. The second-order valence-corrected chi connectivity index (χ2v) is 2.87. The molecular weight excluding hydrogens is 148 g/mol. The molecule has 0 amide bonds. The minimum Gasteiger partial charge on any atom is -0.496 e. The van der Waals surface area contributed by atoms with Gasteiger partial charge in [0, 0.05) is 6.07 Å². The van der Waals surface area contributed by atoms with Gasteiger partial charge in [-0.05, 0) is 30.5 Å². The fourth-order valence-electron chi connectivity index (χ4n) is 1.11. The van der Waals surface area contributed by atoms with Crippen LogP contribution in [0.25, 0.3) is 0 Å². The predicted octanol–water partition coefficient (Wildman–Crippen LogP) is 2.84. The van der Waals surface area contributed by atoms with Gasteiger partial charge in [-0.2, -0.15) is 0 Å². The van der Waals surface area contributed by atoms with Crippen LogP contribution in [-0.2, 0) is 6.42 Å². The number of methoxy groups -OCH3 is 1. The SMILES string of the molecule is CCCCc1c[c]c(OC)cc1. The van der Waals surface area contributed by atoms with Crippen molar-refractivity contribution >= 4 is 0 Å². The highest BCUT2D eigenvalue weighted by atomic mass is 16.5. The molecule has 0 aliphatic heterocycles. The van der Waals surface area contributed by atoms with Crippen molar-refractivity contribution in [3.63, 3.8) is 0 Å². The van der Waals surface area contributed by atoms with E-state index < -0.39 is 0 Å². The molecule has 65 valence electrons. The molecule has 0 N–H and O–H groups in total. The van der Waals surface area contributed by atoms with E-state index in [4.69, 9.17) is 4.74 Å². The van der Waals surface area contributed by atoms with Crippen LogP contribution >= 0.6 is 0 Å². The van der Waals surface area contributed by atoms with E-state index in [0.717, 1.165) is 12.2 Å². The molecule has 0 heterocycles. The van der Waals surface area contributed by atoms with Gasteiger partial charge in [0.25, 0.3) is 0 Å². The molecule has 1 heteroatoms. The average molecular weight is 163 g/mol. The van der Waals surface area contributed by atoms with E-state index >= 15 is 0 Å². The van der Waals surface area contributed by atoms with E-state index in [1.165, 1.54) is 18.4 Å². The lowest BCUT2D eigenvalue weighted by Gasteiger charge is -2.01. The first-order chi connectivity index (χ1) is 5.86. The molecule has 0 unspecified atom stereocenters. The summed E-state index contributed by atoms with van der Waals surface area (Å²) in [5.41, 5.74) is 1.35. The Hall–Kier alpha value is -0.980. The molecule has 1 aromatic rings. The van der Waals surface area contributed by atoms with Crippen LogP contribution in [0.15, 0.2) is 18.2 Å². The third kappa shape index (κ3) is 2.57. The fourth-order valence-corrected chi connectivity index (χ4v) is 1.11. The number of aryl methyl sites for hydroxylation is 1. The molecule has 1 aromatic carbocycles. The lowest BCUT2D eigenvalue weighted by molar-refractivity contribution is 0.413. The number of hydrogen-bond donors (Lipinski definition) is 0. The van der Waals surface area contributed by atoms with Gasteiger partial charge in [0.2, 0.25) is 0 Å². The normalized spacial score (nSPS) is 9.83. The zero-order valence-corrected chi connectivity index (χ0v) is 7.76. The van der Waals surface area contributed by atoms with Crippen molar-refractivity contribution in [3.8, 4) is 5.75 Å². The van der Waals surface area contributed by atoms with E-state index in [9.17, 15) is 0 Å². The van der Waals surface area contributed by atoms with Crippen molar-refractivity contribution in [2.24, 2.45) is 0 Å². The van der Waals surface area contributed by atoms with Crippen molar-refractivity contribution in [3.05, 3.63) is 29.8 Å². The lowest BCUT2D eigenvalue weighted by atomic mass is 10.1. The minimum absolute atomic E-state index is 0.815. The van der Waals surface area contributed by atoms with Crippen LogP contribution in [0.2, 0.25) is 0 Å².